The Kier molecular flexibility index (Phi) is 4.00. The van der Waals surface area contributed by atoms with Crippen LogP contribution in [0.2, 0.25) is 0 Å². The lowest BCUT2D eigenvalue weighted by Gasteiger charge is -2.07. The topological polar surface area (TPSA) is 107 Å². The second-order valence-electron chi connectivity index (χ2n) is 4.85. The first kappa shape index (κ1) is 14.9. The van der Waals surface area contributed by atoms with Crippen LogP contribution in [0, 0.1) is 22.7 Å². The van der Waals surface area contributed by atoms with E-state index < -0.39 is 0 Å². The van der Waals surface area contributed by atoms with Crippen molar-refractivity contribution in [3.63, 3.8) is 0 Å². The predicted octanol–water partition coefficient (Wildman–Crippen LogP) is 2.26. The molecule has 1 N–H and O–H groups in total. The molecule has 0 saturated carbocycles. The third-order valence-corrected chi connectivity index (χ3v) is 3.36. The standard InChI is InChI=1S/C17H10N6O/c18-8-13-1-4-15(7-14(13)9-19)22-17(24)12-2-5-16(6-3-12)23-10-20-21-11-23/h1-7,10-11H,(H,22,24). The summed E-state index contributed by atoms with van der Waals surface area (Å²) in [6, 6.07) is 15.3. The molecular formula is C17H10N6O. The van der Waals surface area contributed by atoms with Crippen LogP contribution in [-0.4, -0.2) is 20.7 Å². The minimum Gasteiger partial charge on any atom is -0.322 e. The first-order valence-electron chi connectivity index (χ1n) is 6.92. The lowest BCUT2D eigenvalue weighted by Crippen LogP contribution is -2.12. The fourth-order valence-corrected chi connectivity index (χ4v) is 2.13. The molecular weight excluding hydrogens is 304 g/mol. The Morgan fingerprint density at radius 1 is 0.958 bits per heavy atom. The molecule has 0 radical (unpaired) electrons. The summed E-state index contributed by atoms with van der Waals surface area (Å²) < 4.78 is 1.72. The summed E-state index contributed by atoms with van der Waals surface area (Å²) in [4.78, 5) is 12.3. The molecule has 1 amide bonds. The highest BCUT2D eigenvalue weighted by atomic mass is 16.1. The van der Waals surface area contributed by atoms with Crippen LogP contribution in [0.1, 0.15) is 21.5 Å². The first-order valence-corrected chi connectivity index (χ1v) is 6.92. The van der Waals surface area contributed by atoms with E-state index in [-0.39, 0.29) is 17.0 Å². The summed E-state index contributed by atoms with van der Waals surface area (Å²) in [6.07, 6.45) is 3.13. The van der Waals surface area contributed by atoms with E-state index in [9.17, 15) is 4.79 Å². The molecule has 0 saturated heterocycles. The summed E-state index contributed by atoms with van der Waals surface area (Å²) >= 11 is 0. The minimum atomic E-state index is -0.307. The fourth-order valence-electron chi connectivity index (χ4n) is 2.13. The van der Waals surface area contributed by atoms with Crippen molar-refractivity contribution in [3.8, 4) is 17.8 Å². The van der Waals surface area contributed by atoms with Crippen LogP contribution in [0.4, 0.5) is 5.69 Å². The number of nitrogens with one attached hydrogen (secondary N) is 1. The second kappa shape index (κ2) is 6.42. The maximum absolute atomic E-state index is 12.3. The molecule has 1 heterocycles. The van der Waals surface area contributed by atoms with Crippen molar-refractivity contribution < 1.29 is 4.79 Å². The van der Waals surface area contributed by atoms with Crippen molar-refractivity contribution >= 4 is 11.6 Å². The zero-order chi connectivity index (χ0) is 16.9. The van der Waals surface area contributed by atoms with Crippen LogP contribution < -0.4 is 5.32 Å². The third-order valence-electron chi connectivity index (χ3n) is 3.36. The maximum Gasteiger partial charge on any atom is 0.255 e. The number of nitriles is 2. The molecule has 0 aliphatic rings. The number of aromatic nitrogens is 3. The summed E-state index contributed by atoms with van der Waals surface area (Å²) in [6.45, 7) is 0. The largest absolute Gasteiger partial charge is 0.322 e. The Labute approximate surface area is 137 Å². The van der Waals surface area contributed by atoms with Crippen LogP contribution >= 0.6 is 0 Å². The van der Waals surface area contributed by atoms with Crippen LogP contribution in [-0.2, 0) is 0 Å². The average molecular weight is 314 g/mol. The van der Waals surface area contributed by atoms with Gasteiger partial charge in [-0.25, -0.2) is 0 Å². The predicted molar refractivity (Wildman–Crippen MR) is 85.2 cm³/mol. The van der Waals surface area contributed by atoms with Crippen molar-refractivity contribution in [1.82, 2.24) is 14.8 Å². The third kappa shape index (κ3) is 2.96. The smallest absolute Gasteiger partial charge is 0.255 e. The van der Waals surface area contributed by atoms with E-state index in [0.29, 0.717) is 11.3 Å². The number of hydrogen-bond donors (Lipinski definition) is 1. The number of rotatable bonds is 3. The molecule has 2 aromatic carbocycles. The van der Waals surface area contributed by atoms with Crippen molar-refractivity contribution in [2.75, 3.05) is 5.32 Å². The van der Waals surface area contributed by atoms with Crippen LogP contribution in [0.5, 0.6) is 0 Å². The first-order chi connectivity index (χ1) is 11.7. The van der Waals surface area contributed by atoms with E-state index in [2.05, 4.69) is 15.5 Å². The van der Waals surface area contributed by atoms with Crippen LogP contribution in [0.25, 0.3) is 5.69 Å². The second-order valence-corrected chi connectivity index (χ2v) is 4.85. The van der Waals surface area contributed by atoms with Gasteiger partial charge >= 0.3 is 0 Å². The minimum absolute atomic E-state index is 0.221. The SMILES string of the molecule is N#Cc1ccc(NC(=O)c2ccc(-n3cnnc3)cc2)cc1C#N. The molecule has 0 aliphatic carbocycles. The lowest BCUT2D eigenvalue weighted by atomic mass is 10.1. The van der Waals surface area contributed by atoms with Crippen LogP contribution in [0.3, 0.4) is 0 Å². The molecule has 0 atom stereocenters. The van der Waals surface area contributed by atoms with Crippen molar-refractivity contribution in [1.29, 1.82) is 10.5 Å². The van der Waals surface area contributed by atoms with Gasteiger partial charge in [0.2, 0.25) is 0 Å². The molecule has 3 rings (SSSR count). The number of nitrogens with zero attached hydrogens (tertiary/aromatic N) is 5. The van der Waals surface area contributed by atoms with Gasteiger partial charge in [-0.05, 0) is 42.5 Å². The Morgan fingerprint density at radius 2 is 1.62 bits per heavy atom. The Balaban J connectivity index is 1.78. The van der Waals surface area contributed by atoms with Gasteiger partial charge < -0.3 is 5.32 Å². The van der Waals surface area contributed by atoms with Gasteiger partial charge in [0.25, 0.3) is 5.91 Å². The molecule has 24 heavy (non-hydrogen) atoms. The molecule has 0 bridgehead atoms. The Morgan fingerprint density at radius 3 is 2.25 bits per heavy atom. The van der Waals surface area contributed by atoms with Gasteiger partial charge in [0, 0.05) is 16.9 Å². The van der Waals surface area contributed by atoms with Gasteiger partial charge in [-0.3, -0.25) is 9.36 Å². The average Bonchev–Trinajstić information content (AvgIpc) is 3.16. The Hall–Kier alpha value is -3.97. The normalized spacial score (nSPS) is 9.75. The summed E-state index contributed by atoms with van der Waals surface area (Å²) in [5.41, 5.74) is 2.25. The van der Waals surface area contributed by atoms with E-state index in [1.54, 1.807) is 47.6 Å². The molecule has 0 unspecified atom stereocenters. The van der Waals surface area contributed by atoms with Gasteiger partial charge in [0.15, 0.2) is 0 Å². The summed E-state index contributed by atoms with van der Waals surface area (Å²) in [5.74, 6) is -0.307. The van der Waals surface area contributed by atoms with E-state index in [1.807, 2.05) is 12.1 Å². The molecule has 0 spiro atoms. The van der Waals surface area contributed by atoms with Gasteiger partial charge in [-0.2, -0.15) is 10.5 Å². The quantitative estimate of drug-likeness (QED) is 0.797. The fraction of sp³-hybridized carbons (Fsp3) is 0. The van der Waals surface area contributed by atoms with E-state index in [0.717, 1.165) is 5.69 Å². The number of hydrogen-bond acceptors (Lipinski definition) is 5. The highest BCUT2D eigenvalue weighted by molar-refractivity contribution is 6.04. The zero-order valence-corrected chi connectivity index (χ0v) is 12.3. The number of carbonyl (C=O) groups excluding carboxylic acids is 1. The highest BCUT2D eigenvalue weighted by Gasteiger charge is 2.09. The van der Waals surface area contributed by atoms with Crippen molar-refractivity contribution in [3.05, 3.63) is 71.8 Å². The lowest BCUT2D eigenvalue weighted by molar-refractivity contribution is 0.102. The monoisotopic (exact) mass is 314 g/mol. The van der Waals surface area contributed by atoms with Gasteiger partial charge in [0.1, 0.15) is 24.8 Å². The number of carbonyl (C=O) groups is 1. The van der Waals surface area contributed by atoms with Gasteiger partial charge in [-0.1, -0.05) is 0 Å². The van der Waals surface area contributed by atoms with Crippen LogP contribution in [0.15, 0.2) is 55.1 Å². The number of amides is 1. The molecule has 7 nitrogen and oxygen atoms in total. The van der Waals surface area contributed by atoms with E-state index >= 15 is 0 Å². The van der Waals surface area contributed by atoms with E-state index in [1.165, 1.54) is 12.1 Å². The number of benzene rings is 2. The molecule has 7 heteroatoms. The summed E-state index contributed by atoms with van der Waals surface area (Å²) in [7, 11) is 0. The van der Waals surface area contributed by atoms with Gasteiger partial charge in [-0.15, -0.1) is 10.2 Å². The summed E-state index contributed by atoms with van der Waals surface area (Å²) in [5, 5.41) is 28.1. The maximum atomic E-state index is 12.3. The number of anilines is 1. The van der Waals surface area contributed by atoms with Crippen molar-refractivity contribution in [2.24, 2.45) is 0 Å². The highest BCUT2D eigenvalue weighted by Crippen LogP contribution is 2.16. The van der Waals surface area contributed by atoms with E-state index in [4.69, 9.17) is 10.5 Å². The molecule has 114 valence electrons. The molecule has 3 aromatic rings. The van der Waals surface area contributed by atoms with Gasteiger partial charge in [0.05, 0.1) is 11.1 Å². The molecule has 0 aliphatic heterocycles. The van der Waals surface area contributed by atoms with Crippen molar-refractivity contribution in [2.45, 2.75) is 0 Å². The molecule has 1 aromatic heterocycles. The zero-order valence-electron chi connectivity index (χ0n) is 12.3. The Bertz CT molecular complexity index is 962. The molecule has 0 fully saturated rings.